The van der Waals surface area contributed by atoms with Crippen LogP contribution in [0.15, 0.2) is 95.8 Å². The number of nitrogens with zero attached hydrogens (tertiary/aromatic N) is 5. The number of aryl methyl sites for hydroxylation is 1. The lowest BCUT2D eigenvalue weighted by molar-refractivity contribution is 0.0600. The second kappa shape index (κ2) is 13.1. The maximum Gasteiger partial charge on any atom is 0.337 e. The molecule has 228 valence electrons. The summed E-state index contributed by atoms with van der Waals surface area (Å²) >= 11 is 0. The van der Waals surface area contributed by atoms with Crippen LogP contribution in [-0.4, -0.2) is 64.6 Å². The quantitative estimate of drug-likeness (QED) is 0.264. The van der Waals surface area contributed by atoms with Gasteiger partial charge in [0.05, 0.1) is 24.1 Å². The molecule has 1 aliphatic heterocycles. The van der Waals surface area contributed by atoms with Crippen molar-refractivity contribution >= 4 is 28.9 Å². The molecule has 0 atom stereocenters. The predicted molar refractivity (Wildman–Crippen MR) is 173 cm³/mol. The maximum absolute atomic E-state index is 13.2. The highest BCUT2D eigenvalue weighted by Gasteiger charge is 2.21. The molecule has 0 radical (unpaired) electrons. The number of rotatable bonds is 8. The van der Waals surface area contributed by atoms with E-state index in [1.807, 2.05) is 13.0 Å². The lowest BCUT2D eigenvalue weighted by Gasteiger charge is -2.35. The van der Waals surface area contributed by atoms with Gasteiger partial charge in [-0.3, -0.25) is 19.1 Å². The SMILES string of the molecule is COC(=O)c1ccc(CNC(=O)c2ccc(-n3c(=O)ccc4c(C)nc(N5CCN(Cc6ccccc6)CC5)nc43)cc2)cc1. The summed E-state index contributed by atoms with van der Waals surface area (Å²) in [5.41, 5.74) is 4.76. The fourth-order valence-corrected chi connectivity index (χ4v) is 5.51. The number of benzene rings is 3. The van der Waals surface area contributed by atoms with E-state index in [9.17, 15) is 14.4 Å². The zero-order chi connectivity index (χ0) is 31.3. The summed E-state index contributed by atoms with van der Waals surface area (Å²) in [6, 6.07) is 27.5. The number of anilines is 1. The second-order valence-electron chi connectivity index (χ2n) is 11.0. The Morgan fingerprint density at radius 2 is 1.49 bits per heavy atom. The molecule has 1 fully saturated rings. The van der Waals surface area contributed by atoms with Crippen molar-refractivity contribution in [1.29, 1.82) is 0 Å². The first-order valence-electron chi connectivity index (χ1n) is 14.9. The third-order valence-electron chi connectivity index (χ3n) is 8.05. The number of ether oxygens (including phenoxy) is 1. The number of hydrogen-bond acceptors (Lipinski definition) is 8. The Kier molecular flexibility index (Phi) is 8.65. The smallest absolute Gasteiger partial charge is 0.337 e. The molecule has 0 unspecified atom stereocenters. The summed E-state index contributed by atoms with van der Waals surface area (Å²) < 4.78 is 6.30. The number of carbonyl (C=O) groups is 2. The van der Waals surface area contributed by atoms with E-state index in [-0.39, 0.29) is 11.5 Å². The van der Waals surface area contributed by atoms with Gasteiger partial charge in [0.2, 0.25) is 5.95 Å². The fourth-order valence-electron chi connectivity index (χ4n) is 5.51. The molecule has 6 rings (SSSR count). The number of aromatic nitrogens is 3. The van der Waals surface area contributed by atoms with Gasteiger partial charge in [0, 0.05) is 56.3 Å². The zero-order valence-corrected chi connectivity index (χ0v) is 25.3. The predicted octanol–water partition coefficient (Wildman–Crippen LogP) is 4.13. The van der Waals surface area contributed by atoms with Crippen LogP contribution >= 0.6 is 0 Å². The molecule has 3 aromatic carbocycles. The lowest BCUT2D eigenvalue weighted by Crippen LogP contribution is -2.46. The third-order valence-corrected chi connectivity index (χ3v) is 8.05. The molecule has 1 N–H and O–H groups in total. The minimum absolute atomic E-state index is 0.216. The topological polar surface area (TPSA) is 110 Å². The highest BCUT2D eigenvalue weighted by molar-refractivity contribution is 5.94. The Morgan fingerprint density at radius 3 is 2.18 bits per heavy atom. The largest absolute Gasteiger partial charge is 0.465 e. The van der Waals surface area contributed by atoms with Crippen molar-refractivity contribution in [2.75, 3.05) is 38.2 Å². The summed E-state index contributed by atoms with van der Waals surface area (Å²) in [5.74, 6) is -0.0590. The normalized spacial score (nSPS) is 13.5. The maximum atomic E-state index is 13.2. The zero-order valence-electron chi connectivity index (χ0n) is 25.3. The molecule has 1 amide bonds. The van der Waals surface area contributed by atoms with Crippen LogP contribution in [0.25, 0.3) is 16.7 Å². The van der Waals surface area contributed by atoms with E-state index in [4.69, 9.17) is 14.7 Å². The van der Waals surface area contributed by atoms with Crippen molar-refractivity contribution in [2.45, 2.75) is 20.0 Å². The number of carbonyl (C=O) groups excluding carboxylic acids is 2. The number of nitrogens with one attached hydrogen (secondary N) is 1. The number of methoxy groups -OCH3 is 1. The first-order chi connectivity index (χ1) is 21.9. The highest BCUT2D eigenvalue weighted by Crippen LogP contribution is 2.22. The van der Waals surface area contributed by atoms with Gasteiger partial charge in [-0.05, 0) is 60.5 Å². The number of amides is 1. The van der Waals surface area contributed by atoms with Crippen molar-refractivity contribution in [1.82, 2.24) is 24.8 Å². The summed E-state index contributed by atoms with van der Waals surface area (Å²) in [7, 11) is 1.33. The molecule has 1 aliphatic rings. The average Bonchev–Trinajstić information content (AvgIpc) is 3.08. The number of hydrogen-bond donors (Lipinski definition) is 1. The summed E-state index contributed by atoms with van der Waals surface area (Å²) in [5, 5.41) is 3.69. The van der Waals surface area contributed by atoms with Crippen LogP contribution in [0, 0.1) is 6.92 Å². The van der Waals surface area contributed by atoms with E-state index >= 15 is 0 Å². The fraction of sp³-hybridized carbons (Fsp3) is 0.229. The molecule has 0 saturated carbocycles. The van der Waals surface area contributed by atoms with E-state index in [2.05, 4.69) is 39.4 Å². The standard InChI is InChI=1S/C35H34N6O4/c1-24-30-16-17-31(42)41(32(30)38-35(37-24)40-20-18-39(19-21-40)23-26-6-4-3-5-7-26)29-14-12-27(13-15-29)33(43)36-22-25-8-10-28(11-9-25)34(44)45-2/h3-17H,18-23H2,1-2H3,(H,36,43). The van der Waals surface area contributed by atoms with Crippen LogP contribution in [-0.2, 0) is 17.8 Å². The first-order valence-corrected chi connectivity index (χ1v) is 14.9. The molecular formula is C35H34N6O4. The van der Waals surface area contributed by atoms with E-state index in [1.54, 1.807) is 59.2 Å². The highest BCUT2D eigenvalue weighted by atomic mass is 16.5. The van der Waals surface area contributed by atoms with E-state index in [0.29, 0.717) is 35.0 Å². The van der Waals surface area contributed by atoms with Gasteiger partial charge >= 0.3 is 5.97 Å². The van der Waals surface area contributed by atoms with Gasteiger partial charge in [-0.1, -0.05) is 42.5 Å². The number of fused-ring (bicyclic) bond motifs is 1. The Balaban J connectivity index is 1.18. The van der Waals surface area contributed by atoms with Gasteiger partial charge in [-0.15, -0.1) is 0 Å². The van der Waals surface area contributed by atoms with Gasteiger partial charge in [0.15, 0.2) is 5.65 Å². The van der Waals surface area contributed by atoms with Gasteiger partial charge in [-0.2, -0.15) is 4.98 Å². The van der Waals surface area contributed by atoms with Gasteiger partial charge in [0.25, 0.3) is 11.5 Å². The van der Waals surface area contributed by atoms with Crippen molar-refractivity contribution < 1.29 is 14.3 Å². The van der Waals surface area contributed by atoms with Crippen molar-refractivity contribution in [3.8, 4) is 5.69 Å². The van der Waals surface area contributed by atoms with Crippen molar-refractivity contribution in [2.24, 2.45) is 0 Å². The summed E-state index contributed by atoms with van der Waals surface area (Å²) in [6.07, 6.45) is 0. The van der Waals surface area contributed by atoms with Crippen LogP contribution in [0.1, 0.15) is 37.5 Å². The first kappa shape index (κ1) is 29.7. The van der Waals surface area contributed by atoms with E-state index in [1.165, 1.54) is 18.7 Å². The Bertz CT molecular complexity index is 1880. The van der Waals surface area contributed by atoms with E-state index < -0.39 is 5.97 Å². The Labute approximate surface area is 260 Å². The number of esters is 1. The molecule has 5 aromatic rings. The minimum Gasteiger partial charge on any atom is -0.465 e. The molecule has 10 nitrogen and oxygen atoms in total. The molecule has 3 heterocycles. The Morgan fingerprint density at radius 1 is 0.800 bits per heavy atom. The van der Waals surface area contributed by atoms with Gasteiger partial charge in [0.1, 0.15) is 0 Å². The lowest BCUT2D eigenvalue weighted by atomic mass is 10.1. The van der Waals surface area contributed by atoms with Crippen LogP contribution in [0.5, 0.6) is 0 Å². The molecule has 0 spiro atoms. The van der Waals surface area contributed by atoms with Crippen LogP contribution in [0.2, 0.25) is 0 Å². The molecule has 0 bridgehead atoms. The van der Waals surface area contributed by atoms with Crippen molar-refractivity contribution in [3.63, 3.8) is 0 Å². The molecular weight excluding hydrogens is 568 g/mol. The number of piperazine rings is 1. The Hall–Kier alpha value is -5.35. The van der Waals surface area contributed by atoms with E-state index in [0.717, 1.165) is 49.4 Å². The second-order valence-corrected chi connectivity index (χ2v) is 11.0. The summed E-state index contributed by atoms with van der Waals surface area (Å²) in [4.78, 5) is 52.0. The molecule has 2 aromatic heterocycles. The molecule has 0 aliphatic carbocycles. The van der Waals surface area contributed by atoms with Gasteiger partial charge < -0.3 is 15.0 Å². The number of pyridine rings is 1. The van der Waals surface area contributed by atoms with Crippen LogP contribution < -0.4 is 15.8 Å². The summed E-state index contributed by atoms with van der Waals surface area (Å²) in [6.45, 7) is 6.49. The van der Waals surface area contributed by atoms with Crippen molar-refractivity contribution in [3.05, 3.63) is 129 Å². The average molecular weight is 603 g/mol. The van der Waals surface area contributed by atoms with Crippen LogP contribution in [0.3, 0.4) is 0 Å². The molecule has 10 heteroatoms. The molecule has 1 saturated heterocycles. The third kappa shape index (κ3) is 6.61. The van der Waals surface area contributed by atoms with Gasteiger partial charge in [-0.25, -0.2) is 9.78 Å². The molecule has 45 heavy (non-hydrogen) atoms. The minimum atomic E-state index is -0.411. The van der Waals surface area contributed by atoms with Crippen LogP contribution in [0.4, 0.5) is 5.95 Å². The monoisotopic (exact) mass is 602 g/mol.